The summed E-state index contributed by atoms with van der Waals surface area (Å²) in [5.74, 6) is 0.534. The molecule has 0 aliphatic carbocycles. The lowest BCUT2D eigenvalue weighted by Crippen LogP contribution is -2.39. The van der Waals surface area contributed by atoms with E-state index in [4.69, 9.17) is 4.74 Å². The molecule has 1 fully saturated rings. The molecule has 0 radical (unpaired) electrons. The van der Waals surface area contributed by atoms with Gasteiger partial charge in [-0.2, -0.15) is 0 Å². The maximum Gasteiger partial charge on any atom is 0.413 e. The number of likely N-dealkylation sites (tertiary alicyclic amines) is 1. The molecule has 0 unspecified atom stereocenters. The number of carbonyl (C=O) groups excluding carboxylic acids is 2. The fraction of sp³-hybridized carbons (Fsp3) is 0.320. The van der Waals surface area contributed by atoms with Crippen molar-refractivity contribution in [2.75, 3.05) is 25.0 Å². The van der Waals surface area contributed by atoms with Crippen molar-refractivity contribution in [3.05, 3.63) is 59.6 Å². The molecule has 0 spiro atoms. The number of thiazole rings is 1. The van der Waals surface area contributed by atoms with Gasteiger partial charge in [0.05, 0.1) is 15.9 Å². The number of amides is 1. The van der Waals surface area contributed by atoms with Gasteiger partial charge in [0.15, 0.2) is 5.82 Å². The fourth-order valence-corrected chi connectivity index (χ4v) is 5.08. The number of fused-ring (bicyclic) bond motifs is 1. The number of aromatic nitrogens is 4. The van der Waals surface area contributed by atoms with Crippen molar-refractivity contribution in [2.45, 2.75) is 31.9 Å². The van der Waals surface area contributed by atoms with Crippen LogP contribution in [0.3, 0.4) is 0 Å². The normalized spacial score (nSPS) is 14.7. The Morgan fingerprint density at radius 2 is 1.97 bits per heavy atom. The van der Waals surface area contributed by atoms with Gasteiger partial charge in [-0.25, -0.2) is 14.5 Å². The lowest BCUT2D eigenvalue weighted by Gasteiger charge is -2.31. The van der Waals surface area contributed by atoms with E-state index in [1.54, 1.807) is 17.6 Å². The Bertz CT molecular complexity index is 1300. The molecule has 3 heterocycles. The molecule has 1 saturated heterocycles. The van der Waals surface area contributed by atoms with Crippen LogP contribution in [0.5, 0.6) is 0 Å². The third kappa shape index (κ3) is 5.55. The number of rotatable bonds is 8. The first-order valence-electron chi connectivity index (χ1n) is 11.7. The molecule has 5 rings (SSSR count). The van der Waals surface area contributed by atoms with Crippen LogP contribution in [0.15, 0.2) is 54.0 Å². The predicted octanol–water partition coefficient (Wildman–Crippen LogP) is 4.47. The number of nitrogens with zero attached hydrogens (tertiary/aromatic N) is 5. The number of anilines is 1. The van der Waals surface area contributed by atoms with E-state index in [0.29, 0.717) is 11.4 Å². The number of hydrogen-bond acceptors (Lipinski definition) is 8. The summed E-state index contributed by atoms with van der Waals surface area (Å²) in [6.07, 6.45) is 2.80. The van der Waals surface area contributed by atoms with E-state index in [9.17, 15) is 9.59 Å². The van der Waals surface area contributed by atoms with E-state index in [2.05, 4.69) is 25.5 Å². The molecule has 1 amide bonds. The zero-order chi connectivity index (χ0) is 24.0. The highest BCUT2D eigenvalue weighted by Crippen LogP contribution is 2.31. The van der Waals surface area contributed by atoms with E-state index >= 15 is 0 Å². The van der Waals surface area contributed by atoms with Crippen LogP contribution in [0.2, 0.25) is 0 Å². The van der Waals surface area contributed by atoms with Crippen LogP contribution >= 0.6 is 11.3 Å². The quantitative estimate of drug-likeness (QED) is 0.364. The Hall–Kier alpha value is -3.63. The minimum absolute atomic E-state index is 0.101. The maximum atomic E-state index is 12.5. The predicted molar refractivity (Wildman–Crippen MR) is 135 cm³/mol. The Balaban J connectivity index is 1.05. The minimum atomic E-state index is -0.456. The van der Waals surface area contributed by atoms with E-state index in [-0.39, 0.29) is 6.10 Å². The summed E-state index contributed by atoms with van der Waals surface area (Å²) < 4.78 is 7.56. The van der Waals surface area contributed by atoms with Gasteiger partial charge < -0.3 is 9.64 Å². The molecular formula is C25H26N6O3S. The summed E-state index contributed by atoms with van der Waals surface area (Å²) in [6.45, 7) is 3.45. The molecule has 4 aromatic rings. The zero-order valence-corrected chi connectivity index (χ0v) is 20.0. The van der Waals surface area contributed by atoms with Gasteiger partial charge >= 0.3 is 6.09 Å². The standard InChI is InChI=1S/C25H26N6O3S/c32-16-18-7-8-22-21(15-18)28-29-31(22)12-4-11-30-13-9-20(10-14-30)34-25(33)27-24-23(35-17-26-24)19-5-2-1-3-6-19/h1-3,5-8,15-17,20H,4,9-14H2,(H,27,33). The second-order valence-corrected chi connectivity index (χ2v) is 9.35. The van der Waals surface area contributed by atoms with E-state index in [1.165, 1.54) is 11.3 Å². The van der Waals surface area contributed by atoms with E-state index < -0.39 is 6.09 Å². The molecule has 180 valence electrons. The lowest BCUT2D eigenvalue weighted by molar-refractivity contribution is 0.0582. The molecule has 10 heteroatoms. The molecule has 35 heavy (non-hydrogen) atoms. The Kier molecular flexibility index (Phi) is 7.10. The van der Waals surface area contributed by atoms with Gasteiger partial charge in [0, 0.05) is 25.2 Å². The zero-order valence-electron chi connectivity index (χ0n) is 19.2. The van der Waals surface area contributed by atoms with Gasteiger partial charge in [-0.05, 0) is 49.6 Å². The topological polar surface area (TPSA) is 102 Å². The summed E-state index contributed by atoms with van der Waals surface area (Å²) >= 11 is 1.49. The number of carbonyl (C=O) groups is 2. The van der Waals surface area contributed by atoms with Crippen molar-refractivity contribution in [3.8, 4) is 10.4 Å². The molecule has 1 N–H and O–H groups in total. The van der Waals surface area contributed by atoms with Crippen molar-refractivity contribution in [1.82, 2.24) is 24.9 Å². The number of hydrogen-bond donors (Lipinski definition) is 1. The molecule has 2 aromatic heterocycles. The van der Waals surface area contributed by atoms with Crippen LogP contribution < -0.4 is 5.32 Å². The van der Waals surface area contributed by atoms with Gasteiger partial charge in [-0.1, -0.05) is 35.5 Å². The first kappa shape index (κ1) is 23.1. The minimum Gasteiger partial charge on any atom is -0.446 e. The highest BCUT2D eigenvalue weighted by Gasteiger charge is 2.23. The molecule has 1 aliphatic rings. The first-order chi connectivity index (χ1) is 17.2. The molecule has 2 aromatic carbocycles. The second kappa shape index (κ2) is 10.7. The van der Waals surface area contributed by atoms with Crippen molar-refractivity contribution >= 4 is 40.6 Å². The summed E-state index contributed by atoms with van der Waals surface area (Å²) in [4.78, 5) is 31.0. The second-order valence-electron chi connectivity index (χ2n) is 8.50. The summed E-state index contributed by atoms with van der Waals surface area (Å²) in [6, 6.07) is 15.3. The monoisotopic (exact) mass is 490 g/mol. The van der Waals surface area contributed by atoms with Crippen molar-refractivity contribution in [2.24, 2.45) is 0 Å². The molecule has 1 aliphatic heterocycles. The number of aldehydes is 1. The average Bonchev–Trinajstić information content (AvgIpc) is 3.52. The Morgan fingerprint density at radius 3 is 2.77 bits per heavy atom. The molecule has 0 atom stereocenters. The fourth-order valence-electron chi connectivity index (χ4n) is 4.33. The number of nitrogens with one attached hydrogen (secondary N) is 1. The van der Waals surface area contributed by atoms with Crippen LogP contribution in [-0.2, 0) is 11.3 Å². The number of ether oxygens (including phenoxy) is 1. The molecular weight excluding hydrogens is 464 g/mol. The van der Waals surface area contributed by atoms with E-state index in [0.717, 1.165) is 73.2 Å². The van der Waals surface area contributed by atoms with Crippen molar-refractivity contribution in [1.29, 1.82) is 0 Å². The number of aryl methyl sites for hydroxylation is 1. The average molecular weight is 491 g/mol. The molecule has 0 saturated carbocycles. The summed E-state index contributed by atoms with van der Waals surface area (Å²) in [5.41, 5.74) is 5.01. The van der Waals surface area contributed by atoms with Gasteiger partial charge in [0.25, 0.3) is 0 Å². The lowest BCUT2D eigenvalue weighted by atomic mass is 10.1. The summed E-state index contributed by atoms with van der Waals surface area (Å²) in [5, 5.41) is 11.2. The van der Waals surface area contributed by atoms with Gasteiger partial charge in [-0.3, -0.25) is 10.1 Å². The van der Waals surface area contributed by atoms with Gasteiger partial charge in [-0.15, -0.1) is 16.4 Å². The first-order valence-corrected chi connectivity index (χ1v) is 12.5. The van der Waals surface area contributed by atoms with Crippen LogP contribution in [-0.4, -0.2) is 63.0 Å². The van der Waals surface area contributed by atoms with Crippen LogP contribution in [0.4, 0.5) is 10.6 Å². The molecule has 0 bridgehead atoms. The largest absolute Gasteiger partial charge is 0.446 e. The Labute approximate surface area is 206 Å². The van der Waals surface area contributed by atoms with Crippen LogP contribution in [0.1, 0.15) is 29.6 Å². The third-order valence-electron chi connectivity index (χ3n) is 6.15. The number of benzene rings is 2. The maximum absolute atomic E-state index is 12.5. The third-order valence-corrected chi connectivity index (χ3v) is 7.03. The van der Waals surface area contributed by atoms with Crippen molar-refractivity contribution in [3.63, 3.8) is 0 Å². The van der Waals surface area contributed by atoms with Gasteiger partial charge in [0.2, 0.25) is 0 Å². The smallest absolute Gasteiger partial charge is 0.413 e. The van der Waals surface area contributed by atoms with Crippen LogP contribution in [0, 0.1) is 0 Å². The highest BCUT2D eigenvalue weighted by atomic mass is 32.1. The van der Waals surface area contributed by atoms with E-state index in [1.807, 2.05) is 41.1 Å². The highest BCUT2D eigenvalue weighted by molar-refractivity contribution is 7.13. The van der Waals surface area contributed by atoms with Gasteiger partial charge in [0.1, 0.15) is 17.9 Å². The summed E-state index contributed by atoms with van der Waals surface area (Å²) in [7, 11) is 0. The molecule has 9 nitrogen and oxygen atoms in total. The number of piperidine rings is 1. The SMILES string of the molecule is O=Cc1ccc2c(c1)nnn2CCCN1CCC(OC(=O)Nc2ncsc2-c2ccccc2)CC1. The Morgan fingerprint density at radius 1 is 1.14 bits per heavy atom. The van der Waals surface area contributed by atoms with Crippen molar-refractivity contribution < 1.29 is 14.3 Å². The van der Waals surface area contributed by atoms with Crippen LogP contribution in [0.25, 0.3) is 21.5 Å².